The van der Waals surface area contributed by atoms with Crippen LogP contribution in [-0.2, 0) is 4.79 Å². The Morgan fingerprint density at radius 3 is 1.70 bits per heavy atom. The fourth-order valence-corrected chi connectivity index (χ4v) is 2.35. The van der Waals surface area contributed by atoms with E-state index < -0.39 is 5.97 Å². The van der Waals surface area contributed by atoms with Crippen molar-refractivity contribution in [2.45, 2.75) is 96.8 Å². The Labute approximate surface area is 125 Å². The highest BCUT2D eigenvalue weighted by Crippen LogP contribution is 2.10. The first-order valence-electron chi connectivity index (χ1n) is 8.64. The lowest BCUT2D eigenvalue weighted by Crippen LogP contribution is -1.93. The van der Waals surface area contributed by atoms with Crippen LogP contribution in [0.5, 0.6) is 0 Å². The lowest BCUT2D eigenvalue weighted by molar-refractivity contribution is -0.137. The highest BCUT2D eigenvalue weighted by Gasteiger charge is 1.96. The molecule has 0 aromatic rings. The average molecular weight is 282 g/mol. The van der Waals surface area contributed by atoms with E-state index in [-0.39, 0.29) is 0 Å². The zero-order valence-corrected chi connectivity index (χ0v) is 13.4. The summed E-state index contributed by atoms with van der Waals surface area (Å²) in [5.41, 5.74) is 0. The van der Waals surface area contributed by atoms with Gasteiger partial charge < -0.3 is 5.11 Å². The molecule has 0 fully saturated rings. The first-order chi connectivity index (χ1) is 9.77. The second-order valence-electron chi connectivity index (χ2n) is 5.73. The Morgan fingerprint density at radius 1 is 0.750 bits per heavy atom. The number of unbranched alkanes of at least 4 members (excludes halogenated alkanes) is 11. The molecule has 2 nitrogen and oxygen atoms in total. The third-order valence-corrected chi connectivity index (χ3v) is 3.65. The van der Waals surface area contributed by atoms with Gasteiger partial charge in [-0.2, -0.15) is 0 Å². The van der Waals surface area contributed by atoms with Crippen LogP contribution < -0.4 is 0 Å². The van der Waals surface area contributed by atoms with Gasteiger partial charge in [-0.25, -0.2) is 0 Å². The molecule has 0 aliphatic heterocycles. The van der Waals surface area contributed by atoms with Crippen molar-refractivity contribution in [3.8, 4) is 0 Å². The smallest absolute Gasteiger partial charge is 0.303 e. The van der Waals surface area contributed by atoms with Crippen LogP contribution in [0.15, 0.2) is 12.2 Å². The molecule has 0 unspecified atom stereocenters. The van der Waals surface area contributed by atoms with E-state index in [4.69, 9.17) is 5.11 Å². The molecule has 0 aliphatic rings. The summed E-state index contributed by atoms with van der Waals surface area (Å²) >= 11 is 0. The zero-order valence-electron chi connectivity index (χ0n) is 13.4. The Bertz CT molecular complexity index is 234. The van der Waals surface area contributed by atoms with Gasteiger partial charge in [0, 0.05) is 6.42 Å². The average Bonchev–Trinajstić information content (AvgIpc) is 2.43. The van der Waals surface area contributed by atoms with E-state index in [0.29, 0.717) is 6.42 Å². The van der Waals surface area contributed by atoms with Gasteiger partial charge >= 0.3 is 5.97 Å². The lowest BCUT2D eigenvalue weighted by atomic mass is 10.1. The zero-order chi connectivity index (χ0) is 14.9. The van der Waals surface area contributed by atoms with E-state index in [0.717, 1.165) is 12.8 Å². The number of hydrogen-bond donors (Lipinski definition) is 1. The van der Waals surface area contributed by atoms with Crippen molar-refractivity contribution < 1.29 is 9.90 Å². The molecule has 20 heavy (non-hydrogen) atoms. The number of hydrogen-bond acceptors (Lipinski definition) is 1. The minimum absolute atomic E-state index is 0.334. The summed E-state index contributed by atoms with van der Waals surface area (Å²) in [6.07, 6.45) is 21.2. The van der Waals surface area contributed by atoms with E-state index in [2.05, 4.69) is 19.1 Å². The minimum atomic E-state index is -0.662. The number of aliphatic carboxylic acids is 1. The van der Waals surface area contributed by atoms with Crippen LogP contribution in [-0.4, -0.2) is 11.1 Å². The molecule has 2 heteroatoms. The molecule has 0 aromatic heterocycles. The largest absolute Gasteiger partial charge is 0.481 e. The van der Waals surface area contributed by atoms with E-state index in [9.17, 15) is 4.79 Å². The summed E-state index contributed by atoms with van der Waals surface area (Å²) in [4.78, 5) is 10.3. The molecule has 0 rings (SSSR count). The van der Waals surface area contributed by atoms with Gasteiger partial charge in [-0.15, -0.1) is 0 Å². The molecule has 0 spiro atoms. The van der Waals surface area contributed by atoms with Crippen LogP contribution in [0.25, 0.3) is 0 Å². The monoisotopic (exact) mass is 282 g/mol. The van der Waals surface area contributed by atoms with Crippen LogP contribution in [0.4, 0.5) is 0 Å². The quantitative estimate of drug-likeness (QED) is 0.291. The molecule has 0 amide bonds. The first kappa shape index (κ1) is 19.2. The summed E-state index contributed by atoms with van der Waals surface area (Å²) in [6.45, 7) is 2.26. The van der Waals surface area contributed by atoms with Crippen LogP contribution in [0.2, 0.25) is 0 Å². The maximum atomic E-state index is 10.3. The molecule has 0 saturated heterocycles. The van der Waals surface area contributed by atoms with Crippen molar-refractivity contribution in [3.63, 3.8) is 0 Å². The molecule has 1 N–H and O–H groups in total. The molecular formula is C18H34O2. The van der Waals surface area contributed by atoms with Crippen LogP contribution >= 0.6 is 0 Å². The minimum Gasteiger partial charge on any atom is -0.481 e. The maximum absolute atomic E-state index is 10.3. The number of carboxylic acid groups (broad SMARTS) is 1. The predicted molar refractivity (Wildman–Crippen MR) is 87.1 cm³/mol. The maximum Gasteiger partial charge on any atom is 0.303 e. The SMILES string of the molecule is CCCCCCCC=CCCCCCCCCC(=O)O. The Hall–Kier alpha value is -0.790. The Balaban J connectivity index is 3.06. The topological polar surface area (TPSA) is 37.3 Å². The second kappa shape index (κ2) is 16.3. The van der Waals surface area contributed by atoms with Gasteiger partial charge in [0.05, 0.1) is 0 Å². The molecule has 0 atom stereocenters. The highest BCUT2D eigenvalue weighted by molar-refractivity contribution is 5.66. The molecule has 0 heterocycles. The van der Waals surface area contributed by atoms with E-state index in [1.54, 1.807) is 0 Å². The van der Waals surface area contributed by atoms with Crippen molar-refractivity contribution in [2.24, 2.45) is 0 Å². The summed E-state index contributed by atoms with van der Waals surface area (Å²) in [5.74, 6) is -0.662. The Morgan fingerprint density at radius 2 is 1.20 bits per heavy atom. The molecule has 0 aromatic carbocycles. The molecule has 0 bridgehead atoms. The van der Waals surface area contributed by atoms with Crippen LogP contribution in [0.3, 0.4) is 0 Å². The summed E-state index contributed by atoms with van der Waals surface area (Å²) in [7, 11) is 0. The summed E-state index contributed by atoms with van der Waals surface area (Å²) in [5, 5.41) is 8.51. The van der Waals surface area contributed by atoms with Crippen LogP contribution in [0.1, 0.15) is 96.8 Å². The lowest BCUT2D eigenvalue weighted by Gasteiger charge is -1.99. The molecule has 118 valence electrons. The van der Waals surface area contributed by atoms with Crippen molar-refractivity contribution in [1.29, 1.82) is 0 Å². The number of allylic oxidation sites excluding steroid dienone is 2. The predicted octanol–water partition coefficient (Wildman–Crippen LogP) is 6.11. The van der Waals surface area contributed by atoms with E-state index in [1.807, 2.05) is 0 Å². The third-order valence-electron chi connectivity index (χ3n) is 3.65. The van der Waals surface area contributed by atoms with Gasteiger partial charge in [0.25, 0.3) is 0 Å². The van der Waals surface area contributed by atoms with E-state index >= 15 is 0 Å². The van der Waals surface area contributed by atoms with Gasteiger partial charge in [0.15, 0.2) is 0 Å². The number of carboxylic acids is 1. The van der Waals surface area contributed by atoms with Gasteiger partial charge in [-0.05, 0) is 32.1 Å². The van der Waals surface area contributed by atoms with Gasteiger partial charge in [-0.3, -0.25) is 4.79 Å². The summed E-state index contributed by atoms with van der Waals surface area (Å²) in [6, 6.07) is 0. The van der Waals surface area contributed by atoms with Crippen LogP contribution in [0, 0.1) is 0 Å². The van der Waals surface area contributed by atoms with E-state index in [1.165, 1.54) is 70.6 Å². The highest BCUT2D eigenvalue weighted by atomic mass is 16.4. The molecular weight excluding hydrogens is 248 g/mol. The first-order valence-corrected chi connectivity index (χ1v) is 8.64. The Kier molecular flexibility index (Phi) is 15.6. The van der Waals surface area contributed by atoms with Gasteiger partial charge in [0.2, 0.25) is 0 Å². The standard InChI is InChI=1S/C18H34O2/c1-2-3-4-5-6-7-8-9-10-11-12-13-14-15-16-17-18(19)20/h8-9H,2-7,10-17H2,1H3,(H,19,20). The fourth-order valence-electron chi connectivity index (χ4n) is 2.35. The van der Waals surface area contributed by atoms with Crippen molar-refractivity contribution in [1.82, 2.24) is 0 Å². The second-order valence-corrected chi connectivity index (χ2v) is 5.73. The van der Waals surface area contributed by atoms with Crippen molar-refractivity contribution in [2.75, 3.05) is 0 Å². The molecule has 0 radical (unpaired) electrons. The normalized spacial score (nSPS) is 11.2. The van der Waals surface area contributed by atoms with Gasteiger partial charge in [-0.1, -0.05) is 70.4 Å². The van der Waals surface area contributed by atoms with Gasteiger partial charge in [0.1, 0.15) is 0 Å². The molecule has 0 saturated carbocycles. The number of rotatable bonds is 15. The third kappa shape index (κ3) is 17.2. The summed E-state index contributed by atoms with van der Waals surface area (Å²) < 4.78 is 0. The van der Waals surface area contributed by atoms with Crippen molar-refractivity contribution >= 4 is 5.97 Å². The number of carbonyl (C=O) groups is 1. The molecule has 0 aliphatic carbocycles. The van der Waals surface area contributed by atoms with Crippen molar-refractivity contribution in [3.05, 3.63) is 12.2 Å². The fraction of sp³-hybridized carbons (Fsp3) is 0.833.